The average molecular weight is 453 g/mol. The van der Waals surface area contributed by atoms with Crippen LogP contribution in [0.15, 0.2) is 54.6 Å². The molecule has 2 aliphatic heterocycles. The SMILES string of the molecule is Cc1cc(-c2n[nH]c3cc4c(cc23)CN([C@H]2CN(C)C[C@@H]2c2ccccc2)C(=O)N4)cc(C)n1. The number of aromatic amines is 1. The maximum absolute atomic E-state index is 13.2. The summed E-state index contributed by atoms with van der Waals surface area (Å²) >= 11 is 0. The van der Waals surface area contributed by atoms with Crippen molar-refractivity contribution in [3.63, 3.8) is 0 Å². The van der Waals surface area contributed by atoms with Gasteiger partial charge in [-0.25, -0.2) is 4.79 Å². The summed E-state index contributed by atoms with van der Waals surface area (Å²) in [5.41, 5.74) is 8.07. The minimum atomic E-state index is -0.0341. The third kappa shape index (κ3) is 3.53. The highest BCUT2D eigenvalue weighted by molar-refractivity contribution is 6.00. The number of H-pyrrole nitrogens is 1. The molecule has 0 radical (unpaired) electrons. The third-order valence-electron chi connectivity index (χ3n) is 7.08. The molecule has 172 valence electrons. The smallest absolute Gasteiger partial charge is 0.315 e. The molecule has 2 N–H and O–H groups in total. The highest BCUT2D eigenvalue weighted by Crippen LogP contribution is 2.37. The predicted molar refractivity (Wildman–Crippen MR) is 134 cm³/mol. The molecule has 7 nitrogen and oxygen atoms in total. The minimum absolute atomic E-state index is 0.0341. The molecular formula is C27H28N6O. The van der Waals surface area contributed by atoms with Gasteiger partial charge in [-0.1, -0.05) is 30.3 Å². The van der Waals surface area contributed by atoms with E-state index in [4.69, 9.17) is 0 Å². The summed E-state index contributed by atoms with van der Waals surface area (Å²) in [7, 11) is 2.13. The first kappa shape index (κ1) is 20.9. The van der Waals surface area contributed by atoms with Gasteiger partial charge in [0.25, 0.3) is 0 Å². The van der Waals surface area contributed by atoms with Crippen LogP contribution in [0.4, 0.5) is 10.5 Å². The van der Waals surface area contributed by atoms with Crippen molar-refractivity contribution in [2.75, 3.05) is 25.5 Å². The largest absolute Gasteiger partial charge is 0.322 e. The van der Waals surface area contributed by atoms with Crippen molar-refractivity contribution < 1.29 is 4.79 Å². The molecule has 7 heteroatoms. The minimum Gasteiger partial charge on any atom is -0.315 e. The molecule has 4 aromatic rings. The molecule has 0 saturated carbocycles. The molecule has 1 saturated heterocycles. The number of hydrogen-bond donors (Lipinski definition) is 2. The summed E-state index contributed by atoms with van der Waals surface area (Å²) in [6, 6.07) is 18.9. The zero-order chi connectivity index (χ0) is 23.4. The number of pyridine rings is 1. The fourth-order valence-corrected chi connectivity index (χ4v) is 5.58. The summed E-state index contributed by atoms with van der Waals surface area (Å²) in [6.45, 7) is 6.39. The van der Waals surface area contributed by atoms with Crippen molar-refractivity contribution >= 4 is 22.6 Å². The predicted octanol–water partition coefficient (Wildman–Crippen LogP) is 4.69. The lowest BCUT2D eigenvalue weighted by atomic mass is 9.92. The Morgan fingerprint density at radius 3 is 2.53 bits per heavy atom. The molecule has 0 aliphatic carbocycles. The van der Waals surface area contributed by atoms with Gasteiger partial charge in [-0.3, -0.25) is 10.1 Å². The lowest BCUT2D eigenvalue weighted by Crippen LogP contribution is -2.48. The van der Waals surface area contributed by atoms with E-state index in [-0.39, 0.29) is 18.0 Å². The zero-order valence-corrected chi connectivity index (χ0v) is 19.7. The number of carbonyl (C=O) groups is 1. The van der Waals surface area contributed by atoms with E-state index in [2.05, 4.69) is 74.9 Å². The number of nitrogens with zero attached hydrogens (tertiary/aromatic N) is 4. The summed E-state index contributed by atoms with van der Waals surface area (Å²) in [6.07, 6.45) is 0. The second-order valence-corrected chi connectivity index (χ2v) is 9.63. The zero-order valence-electron chi connectivity index (χ0n) is 19.7. The summed E-state index contributed by atoms with van der Waals surface area (Å²) in [5, 5.41) is 12.0. The topological polar surface area (TPSA) is 77.2 Å². The normalized spacial score (nSPS) is 20.6. The lowest BCUT2D eigenvalue weighted by Gasteiger charge is -2.36. The number of nitrogens with one attached hydrogen (secondary N) is 2. The van der Waals surface area contributed by atoms with Gasteiger partial charge in [0.2, 0.25) is 0 Å². The second-order valence-electron chi connectivity index (χ2n) is 9.63. The number of amides is 2. The van der Waals surface area contributed by atoms with E-state index >= 15 is 0 Å². The molecule has 6 rings (SSSR count). The molecular weight excluding hydrogens is 424 g/mol. The molecule has 0 unspecified atom stereocenters. The van der Waals surface area contributed by atoms with Crippen molar-refractivity contribution in [2.45, 2.75) is 32.4 Å². The number of hydrogen-bond acceptors (Lipinski definition) is 4. The quantitative estimate of drug-likeness (QED) is 0.473. The van der Waals surface area contributed by atoms with Crippen molar-refractivity contribution in [3.8, 4) is 11.3 Å². The number of carbonyl (C=O) groups excluding carboxylic acids is 1. The van der Waals surface area contributed by atoms with Crippen LogP contribution >= 0.6 is 0 Å². The average Bonchev–Trinajstić information content (AvgIpc) is 3.40. The Hall–Kier alpha value is -3.71. The van der Waals surface area contributed by atoms with Crippen molar-refractivity contribution in [1.29, 1.82) is 0 Å². The van der Waals surface area contributed by atoms with Crippen molar-refractivity contribution in [3.05, 3.63) is 77.1 Å². The fraction of sp³-hybridized carbons (Fsp3) is 0.296. The molecule has 34 heavy (non-hydrogen) atoms. The van der Waals surface area contributed by atoms with Crippen LogP contribution in [0.3, 0.4) is 0 Å². The van der Waals surface area contributed by atoms with Crippen LogP contribution < -0.4 is 5.32 Å². The first-order valence-electron chi connectivity index (χ1n) is 11.7. The molecule has 2 aromatic carbocycles. The van der Waals surface area contributed by atoms with Crippen LogP contribution in [0, 0.1) is 13.8 Å². The van der Waals surface area contributed by atoms with Gasteiger partial charge >= 0.3 is 6.03 Å². The Morgan fingerprint density at radius 2 is 1.76 bits per heavy atom. The number of urea groups is 1. The van der Waals surface area contributed by atoms with E-state index in [1.807, 2.05) is 30.9 Å². The summed E-state index contributed by atoms with van der Waals surface area (Å²) < 4.78 is 0. The molecule has 2 atom stereocenters. The van der Waals surface area contributed by atoms with Gasteiger partial charge in [-0.2, -0.15) is 5.10 Å². The molecule has 0 spiro atoms. The number of likely N-dealkylation sites (tertiary alicyclic amines) is 1. The fourth-order valence-electron chi connectivity index (χ4n) is 5.58. The van der Waals surface area contributed by atoms with Crippen molar-refractivity contribution in [1.82, 2.24) is 25.0 Å². The van der Waals surface area contributed by atoms with Gasteiger partial charge in [0, 0.05) is 53.6 Å². The van der Waals surface area contributed by atoms with Gasteiger partial charge in [-0.15, -0.1) is 0 Å². The van der Waals surface area contributed by atoms with E-state index in [1.165, 1.54) is 5.56 Å². The van der Waals surface area contributed by atoms with E-state index in [9.17, 15) is 4.79 Å². The van der Waals surface area contributed by atoms with Crippen LogP contribution in [0.2, 0.25) is 0 Å². The first-order chi connectivity index (χ1) is 16.5. The molecule has 2 aromatic heterocycles. The second kappa shape index (κ2) is 7.95. The van der Waals surface area contributed by atoms with Gasteiger partial charge in [0.05, 0.1) is 11.6 Å². The Balaban J connectivity index is 1.38. The Labute approximate surface area is 198 Å². The summed E-state index contributed by atoms with van der Waals surface area (Å²) in [5.74, 6) is 0.287. The molecule has 4 heterocycles. The van der Waals surface area contributed by atoms with Crippen LogP contribution in [0.25, 0.3) is 22.2 Å². The van der Waals surface area contributed by atoms with Gasteiger partial charge < -0.3 is 15.1 Å². The number of aromatic nitrogens is 3. The monoisotopic (exact) mass is 452 g/mol. The Bertz CT molecular complexity index is 1380. The standard InChI is InChI=1S/C27H28N6O/c1-16-9-19(10-17(2)28-16)26-21-11-20-13-33(27(34)29-23(20)12-24(21)30-31-26)25-15-32(3)14-22(25)18-7-5-4-6-8-18/h4-12,22,25H,13-15H2,1-3H3,(H,29,34)(H,30,31)/t22-,25+/m1/s1. The maximum atomic E-state index is 13.2. The van der Waals surface area contributed by atoms with Crippen LogP contribution in [-0.4, -0.2) is 57.2 Å². The molecule has 1 fully saturated rings. The van der Waals surface area contributed by atoms with E-state index < -0.39 is 0 Å². The van der Waals surface area contributed by atoms with Gasteiger partial charge in [-0.05, 0) is 56.3 Å². The highest BCUT2D eigenvalue weighted by Gasteiger charge is 2.40. The number of benzene rings is 2. The molecule has 0 bridgehead atoms. The Morgan fingerprint density at radius 1 is 1.00 bits per heavy atom. The van der Waals surface area contributed by atoms with Crippen LogP contribution in [0.1, 0.15) is 28.4 Å². The number of anilines is 1. The third-order valence-corrected chi connectivity index (χ3v) is 7.08. The Kier molecular flexibility index (Phi) is 4.88. The van der Waals surface area contributed by atoms with Crippen LogP contribution in [0.5, 0.6) is 0 Å². The number of likely N-dealkylation sites (N-methyl/N-ethyl adjacent to an activating group) is 1. The summed E-state index contributed by atoms with van der Waals surface area (Å²) in [4.78, 5) is 22.1. The maximum Gasteiger partial charge on any atom is 0.322 e. The number of fused-ring (bicyclic) bond motifs is 2. The number of aryl methyl sites for hydroxylation is 2. The molecule has 2 amide bonds. The lowest BCUT2D eigenvalue weighted by molar-refractivity contribution is 0.177. The first-order valence-corrected chi connectivity index (χ1v) is 11.7. The van der Waals surface area contributed by atoms with Gasteiger partial charge in [0.15, 0.2) is 0 Å². The van der Waals surface area contributed by atoms with E-state index in [0.29, 0.717) is 6.54 Å². The van der Waals surface area contributed by atoms with Crippen LogP contribution in [-0.2, 0) is 6.54 Å². The highest BCUT2D eigenvalue weighted by atomic mass is 16.2. The number of rotatable bonds is 3. The van der Waals surface area contributed by atoms with E-state index in [1.54, 1.807) is 0 Å². The van der Waals surface area contributed by atoms with Gasteiger partial charge in [0.1, 0.15) is 5.69 Å². The van der Waals surface area contributed by atoms with Crippen molar-refractivity contribution in [2.24, 2.45) is 0 Å². The molecule has 2 aliphatic rings. The van der Waals surface area contributed by atoms with E-state index in [0.717, 1.165) is 57.9 Å².